The largest absolute Gasteiger partial charge is 0.299 e. The SMILES string of the molecule is C=CCCC(C)(C)C(=O)CC(=O)C1CCCCC1. The number of hydrogen-bond donors (Lipinski definition) is 0. The van der Waals surface area contributed by atoms with E-state index < -0.39 is 5.41 Å². The van der Waals surface area contributed by atoms with Crippen molar-refractivity contribution in [2.45, 2.75) is 65.2 Å². The highest BCUT2D eigenvalue weighted by molar-refractivity contribution is 6.02. The molecule has 18 heavy (non-hydrogen) atoms. The molecule has 0 aliphatic heterocycles. The molecule has 0 spiro atoms. The van der Waals surface area contributed by atoms with Gasteiger partial charge in [0, 0.05) is 11.3 Å². The summed E-state index contributed by atoms with van der Waals surface area (Å²) in [6, 6.07) is 0. The predicted octanol–water partition coefficient (Wildman–Crippen LogP) is 4.09. The standard InChI is InChI=1S/C16H26O2/c1-4-5-11-16(2,3)15(18)12-14(17)13-9-7-6-8-10-13/h4,13H,1,5-12H2,2-3H3. The minimum atomic E-state index is -0.390. The zero-order valence-electron chi connectivity index (χ0n) is 11.8. The fourth-order valence-corrected chi connectivity index (χ4v) is 2.57. The second kappa shape index (κ2) is 6.86. The van der Waals surface area contributed by atoms with Crippen molar-refractivity contribution in [2.75, 3.05) is 0 Å². The predicted molar refractivity (Wildman–Crippen MR) is 74.4 cm³/mol. The van der Waals surface area contributed by atoms with E-state index in [0.29, 0.717) is 0 Å². The van der Waals surface area contributed by atoms with E-state index >= 15 is 0 Å². The lowest BCUT2D eigenvalue weighted by Crippen LogP contribution is -2.29. The third kappa shape index (κ3) is 4.40. The Kier molecular flexibility index (Phi) is 5.77. The molecule has 0 heterocycles. The Hall–Kier alpha value is -0.920. The summed E-state index contributed by atoms with van der Waals surface area (Å²) in [7, 11) is 0. The second-order valence-electron chi connectivity index (χ2n) is 6.11. The van der Waals surface area contributed by atoms with E-state index in [-0.39, 0.29) is 23.9 Å². The molecular formula is C16H26O2. The number of allylic oxidation sites excluding steroid dienone is 1. The topological polar surface area (TPSA) is 34.1 Å². The number of ketones is 2. The van der Waals surface area contributed by atoms with Crippen LogP contribution in [-0.2, 0) is 9.59 Å². The van der Waals surface area contributed by atoms with E-state index in [0.717, 1.165) is 38.5 Å². The molecule has 0 amide bonds. The van der Waals surface area contributed by atoms with E-state index in [1.165, 1.54) is 6.42 Å². The summed E-state index contributed by atoms with van der Waals surface area (Å²) in [4.78, 5) is 24.3. The molecule has 0 atom stereocenters. The molecule has 1 aliphatic rings. The summed E-state index contributed by atoms with van der Waals surface area (Å²) >= 11 is 0. The molecule has 1 fully saturated rings. The maximum atomic E-state index is 12.2. The Morgan fingerprint density at radius 2 is 1.83 bits per heavy atom. The van der Waals surface area contributed by atoms with Gasteiger partial charge in [-0.25, -0.2) is 0 Å². The molecule has 0 saturated heterocycles. The first-order valence-corrected chi connectivity index (χ1v) is 7.14. The molecule has 0 aromatic carbocycles. The average molecular weight is 250 g/mol. The highest BCUT2D eigenvalue weighted by atomic mass is 16.1. The van der Waals surface area contributed by atoms with Crippen molar-refractivity contribution in [1.82, 2.24) is 0 Å². The smallest absolute Gasteiger partial charge is 0.145 e. The van der Waals surface area contributed by atoms with Crippen molar-refractivity contribution in [3.63, 3.8) is 0 Å². The lowest BCUT2D eigenvalue weighted by atomic mass is 9.78. The normalized spacial score (nSPS) is 17.4. The van der Waals surface area contributed by atoms with Gasteiger partial charge in [0.2, 0.25) is 0 Å². The first-order chi connectivity index (χ1) is 8.47. The van der Waals surface area contributed by atoms with Crippen molar-refractivity contribution in [2.24, 2.45) is 11.3 Å². The summed E-state index contributed by atoms with van der Waals surface area (Å²) < 4.78 is 0. The minimum Gasteiger partial charge on any atom is -0.299 e. The van der Waals surface area contributed by atoms with Crippen LogP contribution in [0, 0.1) is 11.3 Å². The first-order valence-electron chi connectivity index (χ1n) is 7.14. The number of carbonyl (C=O) groups excluding carboxylic acids is 2. The fourth-order valence-electron chi connectivity index (χ4n) is 2.57. The summed E-state index contributed by atoms with van der Waals surface area (Å²) in [5.41, 5.74) is -0.390. The summed E-state index contributed by atoms with van der Waals surface area (Å²) in [5, 5.41) is 0. The molecule has 102 valence electrons. The first kappa shape index (κ1) is 15.1. The van der Waals surface area contributed by atoms with Crippen LogP contribution in [-0.4, -0.2) is 11.6 Å². The van der Waals surface area contributed by atoms with Gasteiger partial charge in [0.25, 0.3) is 0 Å². The Balaban J connectivity index is 2.47. The highest BCUT2D eigenvalue weighted by Gasteiger charge is 2.30. The summed E-state index contributed by atoms with van der Waals surface area (Å²) in [6.07, 6.45) is 9.08. The molecular weight excluding hydrogens is 224 g/mol. The maximum absolute atomic E-state index is 12.2. The summed E-state index contributed by atoms with van der Waals surface area (Å²) in [5.74, 6) is 0.421. The Labute approximate surface area is 111 Å². The zero-order chi connectivity index (χ0) is 13.6. The van der Waals surface area contributed by atoms with Crippen molar-refractivity contribution in [3.8, 4) is 0 Å². The highest BCUT2D eigenvalue weighted by Crippen LogP contribution is 2.29. The molecule has 0 radical (unpaired) electrons. The van der Waals surface area contributed by atoms with Crippen molar-refractivity contribution in [1.29, 1.82) is 0 Å². The fraction of sp³-hybridized carbons (Fsp3) is 0.750. The maximum Gasteiger partial charge on any atom is 0.145 e. The van der Waals surface area contributed by atoms with Gasteiger partial charge in [-0.15, -0.1) is 6.58 Å². The van der Waals surface area contributed by atoms with Gasteiger partial charge in [-0.2, -0.15) is 0 Å². The molecule has 0 unspecified atom stereocenters. The van der Waals surface area contributed by atoms with Crippen LogP contribution < -0.4 is 0 Å². The Morgan fingerprint density at radius 1 is 1.22 bits per heavy atom. The lowest BCUT2D eigenvalue weighted by Gasteiger charge is -2.24. The third-order valence-electron chi connectivity index (χ3n) is 4.12. The van der Waals surface area contributed by atoms with Gasteiger partial charge in [-0.05, 0) is 25.7 Å². The molecule has 0 aromatic heterocycles. The molecule has 0 bridgehead atoms. The van der Waals surface area contributed by atoms with Crippen LogP contribution in [0.5, 0.6) is 0 Å². The minimum absolute atomic E-state index is 0.0972. The van der Waals surface area contributed by atoms with Crippen molar-refractivity contribution >= 4 is 11.6 Å². The van der Waals surface area contributed by atoms with Crippen LogP contribution in [0.2, 0.25) is 0 Å². The van der Waals surface area contributed by atoms with Gasteiger partial charge in [-0.1, -0.05) is 39.2 Å². The van der Waals surface area contributed by atoms with E-state index in [1.54, 1.807) is 0 Å². The van der Waals surface area contributed by atoms with E-state index in [9.17, 15) is 9.59 Å². The van der Waals surface area contributed by atoms with E-state index in [2.05, 4.69) is 6.58 Å². The van der Waals surface area contributed by atoms with Gasteiger partial charge in [-0.3, -0.25) is 9.59 Å². The molecule has 1 rings (SSSR count). The Morgan fingerprint density at radius 3 is 2.39 bits per heavy atom. The van der Waals surface area contributed by atoms with Crippen molar-refractivity contribution < 1.29 is 9.59 Å². The number of rotatable bonds is 7. The lowest BCUT2D eigenvalue weighted by molar-refractivity contribution is -0.134. The van der Waals surface area contributed by atoms with Crippen LogP contribution in [0.4, 0.5) is 0 Å². The van der Waals surface area contributed by atoms with E-state index in [4.69, 9.17) is 0 Å². The molecule has 2 nitrogen and oxygen atoms in total. The molecule has 1 aliphatic carbocycles. The van der Waals surface area contributed by atoms with Gasteiger partial charge in [0.1, 0.15) is 11.6 Å². The van der Waals surface area contributed by atoms with Gasteiger partial charge >= 0.3 is 0 Å². The molecule has 2 heteroatoms. The van der Waals surface area contributed by atoms with Crippen LogP contribution in [0.15, 0.2) is 12.7 Å². The second-order valence-corrected chi connectivity index (χ2v) is 6.11. The van der Waals surface area contributed by atoms with Crippen LogP contribution in [0.25, 0.3) is 0 Å². The van der Waals surface area contributed by atoms with Crippen molar-refractivity contribution in [3.05, 3.63) is 12.7 Å². The van der Waals surface area contributed by atoms with E-state index in [1.807, 2.05) is 19.9 Å². The van der Waals surface area contributed by atoms with Crippen LogP contribution in [0.1, 0.15) is 65.2 Å². The summed E-state index contributed by atoms with van der Waals surface area (Å²) in [6.45, 7) is 7.55. The van der Waals surface area contributed by atoms with Gasteiger partial charge in [0.15, 0.2) is 0 Å². The average Bonchev–Trinajstić information content (AvgIpc) is 2.37. The molecule has 0 aromatic rings. The monoisotopic (exact) mass is 250 g/mol. The van der Waals surface area contributed by atoms with Gasteiger partial charge in [0.05, 0.1) is 6.42 Å². The molecule has 0 N–H and O–H groups in total. The Bertz CT molecular complexity index is 309. The number of carbonyl (C=O) groups is 2. The van der Waals surface area contributed by atoms with Crippen LogP contribution in [0.3, 0.4) is 0 Å². The van der Waals surface area contributed by atoms with Gasteiger partial charge < -0.3 is 0 Å². The quantitative estimate of drug-likeness (QED) is 0.504. The zero-order valence-corrected chi connectivity index (χ0v) is 11.8. The van der Waals surface area contributed by atoms with Crippen LogP contribution >= 0.6 is 0 Å². The number of Topliss-reactive ketones (excluding diaryl/α,β-unsaturated/α-hetero) is 2. The molecule has 1 saturated carbocycles. The number of hydrogen-bond acceptors (Lipinski definition) is 2. The third-order valence-corrected chi connectivity index (χ3v) is 4.12.